The van der Waals surface area contributed by atoms with Gasteiger partial charge in [-0.1, -0.05) is 12.1 Å². The summed E-state index contributed by atoms with van der Waals surface area (Å²) >= 11 is 0. The molecule has 1 N–H and O–H groups in total. The van der Waals surface area contributed by atoms with E-state index in [4.69, 9.17) is 4.74 Å². The van der Waals surface area contributed by atoms with Crippen molar-refractivity contribution in [3.8, 4) is 5.75 Å². The summed E-state index contributed by atoms with van der Waals surface area (Å²) in [7, 11) is 0. The summed E-state index contributed by atoms with van der Waals surface area (Å²) in [6.07, 6.45) is -4.55. The lowest BCUT2D eigenvalue weighted by Gasteiger charge is -2.11. The molecule has 0 radical (unpaired) electrons. The van der Waals surface area contributed by atoms with Crippen LogP contribution in [-0.2, 0) is 20.7 Å². The number of nitrogens with one attached hydrogen (secondary N) is 1. The van der Waals surface area contributed by atoms with Gasteiger partial charge in [0.05, 0.1) is 13.0 Å². The van der Waals surface area contributed by atoms with Crippen molar-refractivity contribution in [2.75, 3.05) is 6.61 Å². The third-order valence-electron chi connectivity index (χ3n) is 2.77. The SMILES string of the molecule is O=C(Cc1cccc(OC(F)(F)F)c1)N[C@H]1CCOC1=O. The number of carbonyl (C=O) groups excluding carboxylic acids is 2. The molecule has 0 spiro atoms. The van der Waals surface area contributed by atoms with Crippen molar-refractivity contribution >= 4 is 11.9 Å². The molecular formula is C13H12F3NO4. The van der Waals surface area contributed by atoms with Crippen LogP contribution in [0.3, 0.4) is 0 Å². The van der Waals surface area contributed by atoms with E-state index in [1.54, 1.807) is 0 Å². The highest BCUT2D eigenvalue weighted by Gasteiger charge is 2.31. The molecule has 1 heterocycles. The van der Waals surface area contributed by atoms with Gasteiger partial charge in [-0.3, -0.25) is 4.79 Å². The predicted octanol–water partition coefficient (Wildman–Crippen LogP) is 1.56. The van der Waals surface area contributed by atoms with Gasteiger partial charge in [0.2, 0.25) is 5.91 Å². The van der Waals surface area contributed by atoms with Crippen LogP contribution in [0.15, 0.2) is 24.3 Å². The molecule has 1 saturated heterocycles. The Balaban J connectivity index is 1.94. The first kappa shape index (κ1) is 15.1. The number of alkyl halides is 3. The zero-order chi connectivity index (χ0) is 15.5. The number of cyclic esters (lactones) is 1. The van der Waals surface area contributed by atoms with Gasteiger partial charge < -0.3 is 14.8 Å². The number of esters is 1. The van der Waals surface area contributed by atoms with Crippen LogP contribution in [0, 0.1) is 0 Å². The Bertz CT molecular complexity index is 544. The number of amides is 1. The highest BCUT2D eigenvalue weighted by atomic mass is 19.4. The van der Waals surface area contributed by atoms with Crippen LogP contribution in [0.25, 0.3) is 0 Å². The summed E-state index contributed by atoms with van der Waals surface area (Å²) in [5.41, 5.74) is 0.348. The van der Waals surface area contributed by atoms with E-state index in [0.717, 1.165) is 12.1 Å². The van der Waals surface area contributed by atoms with E-state index in [-0.39, 0.29) is 13.0 Å². The van der Waals surface area contributed by atoms with Crippen molar-refractivity contribution in [3.63, 3.8) is 0 Å². The van der Waals surface area contributed by atoms with E-state index in [2.05, 4.69) is 10.1 Å². The van der Waals surface area contributed by atoms with Gasteiger partial charge in [0, 0.05) is 6.42 Å². The number of ether oxygens (including phenoxy) is 2. The molecule has 0 aromatic heterocycles. The van der Waals surface area contributed by atoms with E-state index < -0.39 is 30.0 Å². The first-order valence-corrected chi connectivity index (χ1v) is 6.14. The Morgan fingerprint density at radius 1 is 1.43 bits per heavy atom. The molecule has 2 rings (SSSR count). The molecule has 1 atom stereocenters. The molecule has 1 aromatic carbocycles. The zero-order valence-corrected chi connectivity index (χ0v) is 10.8. The summed E-state index contributed by atoms with van der Waals surface area (Å²) in [5.74, 6) is -1.37. The second-order valence-corrected chi connectivity index (χ2v) is 4.45. The van der Waals surface area contributed by atoms with Crippen LogP contribution < -0.4 is 10.1 Å². The van der Waals surface area contributed by atoms with E-state index in [1.165, 1.54) is 12.1 Å². The molecule has 1 aliphatic rings. The summed E-state index contributed by atoms with van der Waals surface area (Å²) in [6.45, 7) is 0.249. The molecule has 1 fully saturated rings. The molecule has 5 nitrogen and oxygen atoms in total. The van der Waals surface area contributed by atoms with Crippen molar-refractivity contribution in [2.24, 2.45) is 0 Å². The monoisotopic (exact) mass is 303 g/mol. The van der Waals surface area contributed by atoms with Crippen LogP contribution in [0.2, 0.25) is 0 Å². The largest absolute Gasteiger partial charge is 0.573 e. The van der Waals surface area contributed by atoms with Crippen LogP contribution in [0.5, 0.6) is 5.75 Å². The lowest BCUT2D eigenvalue weighted by molar-refractivity contribution is -0.274. The average molecular weight is 303 g/mol. The van der Waals surface area contributed by atoms with Gasteiger partial charge in [-0.05, 0) is 17.7 Å². The van der Waals surface area contributed by atoms with Gasteiger partial charge >= 0.3 is 12.3 Å². The lowest BCUT2D eigenvalue weighted by atomic mass is 10.1. The smallest absolute Gasteiger partial charge is 0.464 e. The first-order valence-electron chi connectivity index (χ1n) is 6.14. The van der Waals surface area contributed by atoms with Gasteiger partial charge in [0.15, 0.2) is 0 Å². The Labute approximate surface area is 118 Å². The topological polar surface area (TPSA) is 64.6 Å². The van der Waals surface area contributed by atoms with Crippen molar-refractivity contribution in [1.82, 2.24) is 5.32 Å². The quantitative estimate of drug-likeness (QED) is 0.857. The minimum Gasteiger partial charge on any atom is -0.464 e. The van der Waals surface area contributed by atoms with Crippen LogP contribution in [0.4, 0.5) is 13.2 Å². The third kappa shape index (κ3) is 4.66. The Morgan fingerprint density at radius 2 is 2.19 bits per heavy atom. The highest BCUT2D eigenvalue weighted by Crippen LogP contribution is 2.23. The van der Waals surface area contributed by atoms with E-state index in [1.807, 2.05) is 0 Å². The molecule has 0 saturated carbocycles. The second kappa shape index (κ2) is 6.02. The van der Waals surface area contributed by atoms with Crippen LogP contribution >= 0.6 is 0 Å². The number of hydrogen-bond donors (Lipinski definition) is 1. The number of hydrogen-bond acceptors (Lipinski definition) is 4. The third-order valence-corrected chi connectivity index (χ3v) is 2.77. The number of carbonyl (C=O) groups is 2. The summed E-state index contributed by atoms with van der Waals surface area (Å²) in [4.78, 5) is 22.9. The Morgan fingerprint density at radius 3 is 2.81 bits per heavy atom. The fraction of sp³-hybridized carbons (Fsp3) is 0.385. The fourth-order valence-electron chi connectivity index (χ4n) is 1.91. The number of rotatable bonds is 4. The standard InChI is InChI=1S/C13H12F3NO4/c14-13(15,16)21-9-3-1-2-8(6-9)7-11(18)17-10-4-5-20-12(10)19/h1-3,6,10H,4-5,7H2,(H,17,18)/t10-/m0/s1. The molecule has 0 aliphatic carbocycles. The average Bonchev–Trinajstić information content (AvgIpc) is 2.73. The first-order chi connectivity index (χ1) is 9.83. The molecule has 0 unspecified atom stereocenters. The highest BCUT2D eigenvalue weighted by molar-refractivity contribution is 5.86. The number of benzene rings is 1. The minimum atomic E-state index is -4.78. The molecule has 1 aromatic rings. The maximum Gasteiger partial charge on any atom is 0.573 e. The maximum absolute atomic E-state index is 12.1. The van der Waals surface area contributed by atoms with Crippen molar-refractivity contribution in [2.45, 2.75) is 25.2 Å². The van der Waals surface area contributed by atoms with Gasteiger partial charge in [-0.15, -0.1) is 13.2 Å². The zero-order valence-electron chi connectivity index (χ0n) is 10.8. The fourth-order valence-corrected chi connectivity index (χ4v) is 1.91. The Kier molecular flexibility index (Phi) is 4.35. The molecule has 114 valence electrons. The predicted molar refractivity (Wildman–Crippen MR) is 64.3 cm³/mol. The lowest BCUT2D eigenvalue weighted by Crippen LogP contribution is -2.38. The number of halogens is 3. The summed E-state index contributed by atoms with van der Waals surface area (Å²) in [5, 5.41) is 2.47. The molecule has 1 amide bonds. The molecule has 1 aliphatic heterocycles. The van der Waals surface area contributed by atoms with Crippen LogP contribution in [-0.4, -0.2) is 30.9 Å². The normalized spacial score (nSPS) is 18.2. The van der Waals surface area contributed by atoms with E-state index >= 15 is 0 Å². The summed E-state index contributed by atoms with van der Waals surface area (Å²) in [6, 6.07) is 4.43. The van der Waals surface area contributed by atoms with E-state index in [0.29, 0.717) is 12.0 Å². The maximum atomic E-state index is 12.1. The van der Waals surface area contributed by atoms with Gasteiger partial charge in [0.1, 0.15) is 11.8 Å². The molecule has 0 bridgehead atoms. The van der Waals surface area contributed by atoms with E-state index in [9.17, 15) is 22.8 Å². The second-order valence-electron chi connectivity index (χ2n) is 4.45. The molecule has 8 heteroatoms. The van der Waals surface area contributed by atoms with Crippen LogP contribution in [0.1, 0.15) is 12.0 Å². The minimum absolute atomic E-state index is 0.154. The van der Waals surface area contributed by atoms with Crippen molar-refractivity contribution < 1.29 is 32.2 Å². The van der Waals surface area contributed by atoms with Crippen molar-refractivity contribution in [3.05, 3.63) is 29.8 Å². The molecular weight excluding hydrogens is 291 g/mol. The van der Waals surface area contributed by atoms with Gasteiger partial charge in [0.25, 0.3) is 0 Å². The Hall–Kier alpha value is -2.25. The summed E-state index contributed by atoms with van der Waals surface area (Å²) < 4.78 is 44.7. The van der Waals surface area contributed by atoms with Gasteiger partial charge in [-0.2, -0.15) is 0 Å². The molecule has 21 heavy (non-hydrogen) atoms. The van der Waals surface area contributed by atoms with Gasteiger partial charge in [-0.25, -0.2) is 4.79 Å². The van der Waals surface area contributed by atoms with Crippen molar-refractivity contribution in [1.29, 1.82) is 0 Å².